The highest BCUT2D eigenvalue weighted by Gasteiger charge is 2.22. The molecule has 0 N–H and O–H groups in total. The van der Waals surface area contributed by atoms with E-state index < -0.39 is 6.10 Å². The molecule has 0 radical (unpaired) electrons. The van der Waals surface area contributed by atoms with E-state index >= 15 is 0 Å². The van der Waals surface area contributed by atoms with Crippen molar-refractivity contribution in [3.63, 3.8) is 0 Å². The Balaban J connectivity index is 2.64. The normalized spacial score (nSPS) is 12.0. The van der Waals surface area contributed by atoms with E-state index in [4.69, 9.17) is 16.3 Å². The van der Waals surface area contributed by atoms with Crippen LogP contribution < -0.4 is 4.74 Å². The fourth-order valence-corrected chi connectivity index (χ4v) is 3.26. The Labute approximate surface area is 165 Å². The minimum absolute atomic E-state index is 0.0901. The summed E-state index contributed by atoms with van der Waals surface area (Å²) < 4.78 is 5.95. The van der Waals surface area contributed by atoms with Crippen molar-refractivity contribution < 1.29 is 9.53 Å². The lowest BCUT2D eigenvalue weighted by molar-refractivity contribution is -0.138. The lowest BCUT2D eigenvalue weighted by atomic mass is 10.1. The number of ether oxygens (including phenoxy) is 1. The molecule has 0 saturated carbocycles. The van der Waals surface area contributed by atoms with Gasteiger partial charge in [-0.3, -0.25) is 4.79 Å². The SMILES string of the molecule is CCCCCCN(CCCCCC)C(=O)C(C)Oc1ccc(Cl)cc1C. The van der Waals surface area contributed by atoms with Gasteiger partial charge < -0.3 is 9.64 Å². The van der Waals surface area contributed by atoms with E-state index in [1.807, 2.05) is 30.9 Å². The Morgan fingerprint density at radius 3 is 2.12 bits per heavy atom. The number of aryl methyl sites for hydroxylation is 1. The second-order valence-corrected chi connectivity index (χ2v) is 7.55. The topological polar surface area (TPSA) is 29.5 Å². The maximum Gasteiger partial charge on any atom is 0.263 e. The predicted octanol–water partition coefficient (Wildman–Crippen LogP) is 6.40. The van der Waals surface area contributed by atoms with Crippen LogP contribution in [-0.2, 0) is 4.79 Å². The lowest BCUT2D eigenvalue weighted by Gasteiger charge is -2.26. The van der Waals surface area contributed by atoms with E-state index in [2.05, 4.69) is 13.8 Å². The smallest absolute Gasteiger partial charge is 0.263 e. The molecule has 148 valence electrons. The number of rotatable bonds is 13. The van der Waals surface area contributed by atoms with Crippen molar-refractivity contribution in [2.45, 2.75) is 85.2 Å². The minimum atomic E-state index is -0.479. The lowest BCUT2D eigenvalue weighted by Crippen LogP contribution is -2.41. The molecule has 1 aromatic carbocycles. The summed E-state index contributed by atoms with van der Waals surface area (Å²) in [4.78, 5) is 14.9. The van der Waals surface area contributed by atoms with E-state index in [9.17, 15) is 4.79 Å². The molecule has 1 amide bonds. The fraction of sp³-hybridized carbons (Fsp3) is 0.682. The van der Waals surface area contributed by atoms with Crippen molar-refractivity contribution in [1.29, 1.82) is 0 Å². The number of hydrogen-bond donors (Lipinski definition) is 0. The molecule has 0 heterocycles. The van der Waals surface area contributed by atoms with Crippen LogP contribution in [0.15, 0.2) is 18.2 Å². The molecule has 0 bridgehead atoms. The van der Waals surface area contributed by atoms with Crippen LogP contribution >= 0.6 is 11.6 Å². The summed E-state index contributed by atoms with van der Waals surface area (Å²) in [6, 6.07) is 5.50. The van der Waals surface area contributed by atoms with Gasteiger partial charge in [0.25, 0.3) is 5.91 Å². The number of carbonyl (C=O) groups is 1. The number of hydrogen-bond acceptors (Lipinski definition) is 2. The second kappa shape index (κ2) is 13.0. The van der Waals surface area contributed by atoms with Crippen molar-refractivity contribution in [2.75, 3.05) is 13.1 Å². The molecule has 1 unspecified atom stereocenters. The molecule has 1 atom stereocenters. The maximum absolute atomic E-state index is 12.9. The number of nitrogens with zero attached hydrogens (tertiary/aromatic N) is 1. The number of benzene rings is 1. The van der Waals surface area contributed by atoms with Crippen LogP contribution in [0, 0.1) is 6.92 Å². The van der Waals surface area contributed by atoms with Crippen LogP contribution in [0.25, 0.3) is 0 Å². The summed E-state index contributed by atoms with van der Waals surface area (Å²) in [7, 11) is 0. The summed E-state index contributed by atoms with van der Waals surface area (Å²) in [6.45, 7) is 9.87. The average molecular weight is 382 g/mol. The van der Waals surface area contributed by atoms with Crippen LogP contribution in [0.1, 0.15) is 77.7 Å². The molecule has 0 saturated heterocycles. The van der Waals surface area contributed by atoms with Crippen LogP contribution in [0.2, 0.25) is 5.02 Å². The molecule has 0 aliphatic carbocycles. The molecule has 4 heteroatoms. The number of carbonyl (C=O) groups excluding carboxylic acids is 1. The average Bonchev–Trinajstić information content (AvgIpc) is 2.62. The van der Waals surface area contributed by atoms with Gasteiger partial charge in [-0.05, 0) is 50.5 Å². The highest BCUT2D eigenvalue weighted by atomic mass is 35.5. The number of unbranched alkanes of at least 4 members (excludes halogenated alkanes) is 6. The zero-order valence-corrected chi connectivity index (χ0v) is 17.8. The monoisotopic (exact) mass is 381 g/mol. The van der Waals surface area contributed by atoms with Crippen molar-refractivity contribution in [2.24, 2.45) is 0 Å². The first-order valence-corrected chi connectivity index (χ1v) is 10.6. The van der Waals surface area contributed by atoms with Crippen LogP contribution in [0.4, 0.5) is 0 Å². The third kappa shape index (κ3) is 8.44. The largest absolute Gasteiger partial charge is 0.481 e. The first-order valence-electron chi connectivity index (χ1n) is 10.2. The summed E-state index contributed by atoms with van der Waals surface area (Å²) >= 11 is 6.00. The molecule has 0 aliphatic rings. The van der Waals surface area contributed by atoms with Gasteiger partial charge in [0.15, 0.2) is 6.10 Å². The molecule has 0 aliphatic heterocycles. The molecular weight excluding hydrogens is 346 g/mol. The summed E-state index contributed by atoms with van der Waals surface area (Å²) in [5.41, 5.74) is 0.953. The van der Waals surface area contributed by atoms with Gasteiger partial charge in [0, 0.05) is 18.1 Å². The van der Waals surface area contributed by atoms with Crippen molar-refractivity contribution in [1.82, 2.24) is 4.90 Å². The van der Waals surface area contributed by atoms with Crippen LogP contribution in [0.3, 0.4) is 0 Å². The Morgan fingerprint density at radius 1 is 1.04 bits per heavy atom. The van der Waals surface area contributed by atoms with Crippen molar-refractivity contribution >= 4 is 17.5 Å². The van der Waals surface area contributed by atoms with Gasteiger partial charge in [-0.25, -0.2) is 0 Å². The van der Waals surface area contributed by atoms with Gasteiger partial charge in [-0.15, -0.1) is 0 Å². The van der Waals surface area contributed by atoms with E-state index in [0.717, 1.165) is 37.2 Å². The molecule has 26 heavy (non-hydrogen) atoms. The summed E-state index contributed by atoms with van der Waals surface area (Å²) in [5, 5.41) is 0.683. The van der Waals surface area contributed by atoms with E-state index in [0.29, 0.717) is 5.02 Å². The third-order valence-corrected chi connectivity index (χ3v) is 4.90. The van der Waals surface area contributed by atoms with E-state index in [-0.39, 0.29) is 5.91 Å². The van der Waals surface area contributed by atoms with Gasteiger partial charge in [-0.2, -0.15) is 0 Å². The zero-order chi connectivity index (χ0) is 19.4. The Bertz CT molecular complexity index is 521. The molecule has 1 rings (SSSR count). The fourth-order valence-electron chi connectivity index (χ4n) is 3.03. The molecular formula is C22H36ClNO2. The highest BCUT2D eigenvalue weighted by Crippen LogP contribution is 2.23. The molecule has 1 aromatic rings. The van der Waals surface area contributed by atoms with Gasteiger partial charge in [0.05, 0.1) is 0 Å². The van der Waals surface area contributed by atoms with Gasteiger partial charge in [-0.1, -0.05) is 64.0 Å². The Hall–Kier alpha value is -1.22. The van der Waals surface area contributed by atoms with E-state index in [1.54, 1.807) is 6.07 Å². The third-order valence-electron chi connectivity index (χ3n) is 4.66. The maximum atomic E-state index is 12.9. The molecule has 0 fully saturated rings. The first-order chi connectivity index (χ1) is 12.5. The highest BCUT2D eigenvalue weighted by molar-refractivity contribution is 6.30. The zero-order valence-electron chi connectivity index (χ0n) is 17.0. The van der Waals surface area contributed by atoms with Crippen LogP contribution in [0.5, 0.6) is 5.75 Å². The minimum Gasteiger partial charge on any atom is -0.481 e. The van der Waals surface area contributed by atoms with E-state index in [1.165, 1.54) is 38.5 Å². The second-order valence-electron chi connectivity index (χ2n) is 7.12. The molecule has 3 nitrogen and oxygen atoms in total. The number of halogens is 1. The van der Waals surface area contributed by atoms with Crippen molar-refractivity contribution in [3.05, 3.63) is 28.8 Å². The van der Waals surface area contributed by atoms with Gasteiger partial charge in [0.1, 0.15) is 5.75 Å². The molecule has 0 spiro atoms. The quantitative estimate of drug-likeness (QED) is 0.369. The first kappa shape index (κ1) is 22.8. The summed E-state index contributed by atoms with van der Waals surface area (Å²) in [5.74, 6) is 0.819. The Kier molecular flexibility index (Phi) is 11.4. The standard InChI is InChI=1S/C22H36ClNO2/c1-5-7-9-11-15-24(16-12-10-8-6-2)22(25)19(4)26-21-14-13-20(23)17-18(21)3/h13-14,17,19H,5-12,15-16H2,1-4H3. The van der Waals surface area contributed by atoms with Crippen LogP contribution in [-0.4, -0.2) is 30.0 Å². The molecule has 0 aromatic heterocycles. The Morgan fingerprint density at radius 2 is 1.62 bits per heavy atom. The predicted molar refractivity (Wildman–Crippen MR) is 111 cm³/mol. The van der Waals surface area contributed by atoms with Crippen molar-refractivity contribution in [3.8, 4) is 5.75 Å². The van der Waals surface area contributed by atoms with Gasteiger partial charge in [0.2, 0.25) is 0 Å². The number of amides is 1. The van der Waals surface area contributed by atoms with Gasteiger partial charge >= 0.3 is 0 Å². The summed E-state index contributed by atoms with van der Waals surface area (Å²) in [6.07, 6.45) is 8.90.